The molecule has 19 heavy (non-hydrogen) atoms. The van der Waals surface area contributed by atoms with Crippen LogP contribution in [0.25, 0.3) is 0 Å². The Balaban J connectivity index is 2.28. The highest BCUT2D eigenvalue weighted by molar-refractivity contribution is 5.86. The molecule has 100 valence electrons. The van der Waals surface area contributed by atoms with E-state index in [-0.39, 0.29) is 17.0 Å². The third kappa shape index (κ3) is 2.59. The molecule has 0 amide bonds. The summed E-state index contributed by atoms with van der Waals surface area (Å²) < 4.78 is 28.9. The Morgan fingerprint density at radius 2 is 2.00 bits per heavy atom. The summed E-state index contributed by atoms with van der Waals surface area (Å²) in [4.78, 5) is 10.8. The maximum atomic E-state index is 14.0. The van der Waals surface area contributed by atoms with E-state index in [1.807, 2.05) is 0 Å². The summed E-state index contributed by atoms with van der Waals surface area (Å²) >= 11 is 0. The smallest absolute Gasteiger partial charge is 0.358 e. The lowest BCUT2D eigenvalue weighted by molar-refractivity contribution is -0.0264. The summed E-state index contributed by atoms with van der Waals surface area (Å²) in [6, 6.07) is 7.29. The quantitative estimate of drug-likeness (QED) is 0.920. The number of alkyl halides is 2. The fourth-order valence-electron chi connectivity index (χ4n) is 1.67. The van der Waals surface area contributed by atoms with Crippen LogP contribution in [0.4, 0.5) is 8.78 Å². The summed E-state index contributed by atoms with van der Waals surface area (Å²) in [6.07, 6.45) is 0. The van der Waals surface area contributed by atoms with Crippen molar-refractivity contribution in [3.63, 3.8) is 0 Å². The fraction of sp³-hybridized carbons (Fsp3) is 0.250. The molecule has 0 aliphatic heterocycles. The number of carboxylic acids is 1. The predicted molar refractivity (Wildman–Crippen MR) is 62.1 cm³/mol. The van der Waals surface area contributed by atoms with Crippen molar-refractivity contribution in [2.45, 2.75) is 19.4 Å². The van der Waals surface area contributed by atoms with Crippen molar-refractivity contribution in [3.8, 4) is 0 Å². The minimum Gasteiger partial charge on any atom is -0.476 e. The van der Waals surface area contributed by atoms with Crippen molar-refractivity contribution in [2.75, 3.05) is 0 Å². The minimum atomic E-state index is -3.14. The maximum Gasteiger partial charge on any atom is 0.358 e. The first-order valence-corrected chi connectivity index (χ1v) is 5.48. The normalized spacial score (nSPS) is 11.5. The predicted octanol–water partition coefficient (Wildman–Crippen LogP) is 2.08. The van der Waals surface area contributed by atoms with Crippen LogP contribution in [0.15, 0.2) is 30.3 Å². The Morgan fingerprint density at radius 1 is 1.37 bits per heavy atom. The van der Waals surface area contributed by atoms with E-state index in [9.17, 15) is 13.6 Å². The topological polar surface area (TPSA) is 68.0 Å². The zero-order chi connectivity index (χ0) is 14.0. The molecule has 5 nitrogen and oxygen atoms in total. The van der Waals surface area contributed by atoms with E-state index in [0.717, 1.165) is 4.68 Å². The molecule has 0 unspecified atom stereocenters. The number of hydrogen-bond acceptors (Lipinski definition) is 3. The van der Waals surface area contributed by atoms with E-state index in [4.69, 9.17) is 5.11 Å². The molecule has 1 N–H and O–H groups in total. The van der Waals surface area contributed by atoms with Gasteiger partial charge in [-0.25, -0.2) is 9.48 Å². The average Bonchev–Trinajstić information content (AvgIpc) is 2.72. The van der Waals surface area contributed by atoms with Gasteiger partial charge in [0.1, 0.15) is 6.54 Å². The van der Waals surface area contributed by atoms with Crippen LogP contribution >= 0.6 is 0 Å². The maximum absolute atomic E-state index is 14.0. The molecule has 0 fully saturated rings. The molecule has 2 rings (SSSR count). The number of rotatable bonds is 4. The first-order chi connectivity index (χ1) is 8.92. The van der Waals surface area contributed by atoms with Gasteiger partial charge in [0.05, 0.1) is 5.69 Å². The lowest BCUT2D eigenvalue weighted by atomic mass is 10.1. The summed E-state index contributed by atoms with van der Waals surface area (Å²) in [5, 5.41) is 15.6. The highest BCUT2D eigenvalue weighted by Gasteiger charge is 2.33. The SMILES string of the molecule is Cc1c(C(=O)O)nnn1CC(F)(F)c1ccccc1. The van der Waals surface area contributed by atoms with Crippen molar-refractivity contribution < 1.29 is 18.7 Å². The lowest BCUT2D eigenvalue weighted by Gasteiger charge is -2.17. The first kappa shape index (κ1) is 13.1. The van der Waals surface area contributed by atoms with E-state index in [1.165, 1.54) is 31.2 Å². The van der Waals surface area contributed by atoms with Gasteiger partial charge in [-0.2, -0.15) is 8.78 Å². The fourth-order valence-corrected chi connectivity index (χ4v) is 1.67. The van der Waals surface area contributed by atoms with E-state index < -0.39 is 18.4 Å². The van der Waals surface area contributed by atoms with Gasteiger partial charge in [0, 0.05) is 5.56 Å². The van der Waals surface area contributed by atoms with Gasteiger partial charge in [-0.1, -0.05) is 35.5 Å². The standard InChI is InChI=1S/C12H11F2N3O2/c1-8-10(11(18)19)15-16-17(8)7-12(13,14)9-5-3-2-4-6-9/h2-6H,7H2,1H3,(H,18,19). The second-order valence-electron chi connectivity index (χ2n) is 4.06. The number of aromatic nitrogens is 3. The van der Waals surface area contributed by atoms with Gasteiger partial charge in [0.15, 0.2) is 5.69 Å². The van der Waals surface area contributed by atoms with Crippen LogP contribution in [0.2, 0.25) is 0 Å². The molecule has 7 heteroatoms. The monoisotopic (exact) mass is 267 g/mol. The lowest BCUT2D eigenvalue weighted by Crippen LogP contribution is -2.23. The number of hydrogen-bond donors (Lipinski definition) is 1. The molecule has 0 spiro atoms. The Labute approximate surface area is 107 Å². The van der Waals surface area contributed by atoms with Gasteiger partial charge in [-0.3, -0.25) is 0 Å². The molecule has 2 aromatic rings. The number of aromatic carboxylic acids is 1. The molecule has 1 aromatic heterocycles. The molecule has 0 bridgehead atoms. The largest absolute Gasteiger partial charge is 0.476 e. The van der Waals surface area contributed by atoms with Crippen LogP contribution in [-0.4, -0.2) is 26.1 Å². The van der Waals surface area contributed by atoms with Crippen LogP contribution < -0.4 is 0 Å². The molecule has 0 radical (unpaired) electrons. The summed E-state index contributed by atoms with van der Waals surface area (Å²) in [5.74, 6) is -4.43. The van der Waals surface area contributed by atoms with Crippen LogP contribution in [0.5, 0.6) is 0 Å². The Bertz CT molecular complexity index is 596. The van der Waals surface area contributed by atoms with Crippen molar-refractivity contribution in [2.24, 2.45) is 0 Å². The zero-order valence-corrected chi connectivity index (χ0v) is 10.0. The van der Waals surface area contributed by atoms with Crippen LogP contribution in [0.1, 0.15) is 21.7 Å². The Hall–Kier alpha value is -2.31. The number of carbonyl (C=O) groups is 1. The summed E-state index contributed by atoms with van der Waals surface area (Å²) in [6.45, 7) is 0.646. The van der Waals surface area contributed by atoms with Crippen LogP contribution in [-0.2, 0) is 12.5 Å². The summed E-state index contributed by atoms with van der Waals surface area (Å²) in [7, 11) is 0. The van der Waals surface area contributed by atoms with Gasteiger partial charge in [-0.05, 0) is 6.92 Å². The van der Waals surface area contributed by atoms with Gasteiger partial charge >= 0.3 is 5.97 Å². The number of carboxylic acid groups (broad SMARTS) is 1. The van der Waals surface area contributed by atoms with Gasteiger partial charge < -0.3 is 5.11 Å². The number of nitrogens with zero attached hydrogens (tertiary/aromatic N) is 3. The highest BCUT2D eigenvalue weighted by atomic mass is 19.3. The van der Waals surface area contributed by atoms with Crippen molar-refractivity contribution >= 4 is 5.97 Å². The molecular formula is C12H11F2N3O2. The van der Waals surface area contributed by atoms with E-state index in [1.54, 1.807) is 6.07 Å². The molecule has 1 aromatic carbocycles. The van der Waals surface area contributed by atoms with Crippen LogP contribution in [0, 0.1) is 6.92 Å². The molecule has 0 saturated heterocycles. The molecule has 1 heterocycles. The molecular weight excluding hydrogens is 256 g/mol. The number of halogens is 2. The summed E-state index contributed by atoms with van der Waals surface area (Å²) in [5.41, 5.74) is -0.367. The zero-order valence-electron chi connectivity index (χ0n) is 10.0. The molecule has 0 saturated carbocycles. The van der Waals surface area contributed by atoms with Crippen LogP contribution in [0.3, 0.4) is 0 Å². The minimum absolute atomic E-state index is 0.100. The van der Waals surface area contributed by atoms with Crippen molar-refractivity contribution in [3.05, 3.63) is 47.3 Å². The number of benzene rings is 1. The second-order valence-corrected chi connectivity index (χ2v) is 4.06. The first-order valence-electron chi connectivity index (χ1n) is 5.48. The third-order valence-electron chi connectivity index (χ3n) is 2.73. The van der Waals surface area contributed by atoms with E-state index >= 15 is 0 Å². The molecule has 0 atom stereocenters. The molecule has 0 aliphatic rings. The third-order valence-corrected chi connectivity index (χ3v) is 2.73. The van der Waals surface area contributed by atoms with Gasteiger partial charge in [0.2, 0.25) is 0 Å². The van der Waals surface area contributed by atoms with Gasteiger partial charge in [0.25, 0.3) is 5.92 Å². The highest BCUT2D eigenvalue weighted by Crippen LogP contribution is 2.29. The molecule has 0 aliphatic carbocycles. The van der Waals surface area contributed by atoms with E-state index in [0.29, 0.717) is 0 Å². The van der Waals surface area contributed by atoms with Crippen molar-refractivity contribution in [1.82, 2.24) is 15.0 Å². The van der Waals surface area contributed by atoms with Crippen molar-refractivity contribution in [1.29, 1.82) is 0 Å². The van der Waals surface area contributed by atoms with E-state index in [2.05, 4.69) is 10.3 Å². The Kier molecular flexibility index (Phi) is 3.28. The Morgan fingerprint density at radius 3 is 2.53 bits per heavy atom. The average molecular weight is 267 g/mol. The van der Waals surface area contributed by atoms with Gasteiger partial charge in [-0.15, -0.1) is 5.10 Å². The second kappa shape index (κ2) is 4.75.